The summed E-state index contributed by atoms with van der Waals surface area (Å²) in [5.41, 5.74) is 4.50. The molecule has 2 aliphatic rings. The largest absolute Gasteiger partial charge is 0.380 e. The van der Waals surface area contributed by atoms with Gasteiger partial charge in [-0.1, -0.05) is 18.2 Å². The number of hydrogen-bond donors (Lipinski definition) is 1. The van der Waals surface area contributed by atoms with E-state index in [4.69, 9.17) is 9.47 Å². The van der Waals surface area contributed by atoms with Gasteiger partial charge >= 0.3 is 0 Å². The molecular formula is C22H28N4O3. The van der Waals surface area contributed by atoms with Gasteiger partial charge in [0.2, 0.25) is 5.91 Å². The van der Waals surface area contributed by atoms with Crippen LogP contribution < -0.4 is 10.2 Å². The van der Waals surface area contributed by atoms with Crippen molar-refractivity contribution in [1.82, 2.24) is 15.3 Å². The Morgan fingerprint density at radius 2 is 2.21 bits per heavy atom. The van der Waals surface area contributed by atoms with Crippen LogP contribution in [-0.4, -0.2) is 54.8 Å². The molecule has 3 heterocycles. The maximum Gasteiger partial charge on any atom is 0.224 e. The van der Waals surface area contributed by atoms with Gasteiger partial charge in [0.05, 0.1) is 31.8 Å². The van der Waals surface area contributed by atoms with Crippen molar-refractivity contribution in [3.05, 3.63) is 53.0 Å². The quantitative estimate of drug-likeness (QED) is 0.803. The predicted molar refractivity (Wildman–Crippen MR) is 110 cm³/mol. The predicted octanol–water partition coefficient (Wildman–Crippen LogP) is 1.81. The monoisotopic (exact) mass is 396 g/mol. The van der Waals surface area contributed by atoms with Crippen LogP contribution in [0.3, 0.4) is 0 Å². The first-order valence-corrected chi connectivity index (χ1v) is 10.2. The van der Waals surface area contributed by atoms with Crippen molar-refractivity contribution in [3.8, 4) is 0 Å². The molecule has 2 aliphatic heterocycles. The molecule has 1 aromatic carbocycles. The van der Waals surface area contributed by atoms with Gasteiger partial charge in [0.1, 0.15) is 12.1 Å². The highest BCUT2D eigenvalue weighted by Crippen LogP contribution is 2.25. The van der Waals surface area contributed by atoms with Crippen LogP contribution in [0.15, 0.2) is 30.6 Å². The lowest BCUT2D eigenvalue weighted by atomic mass is 9.99. The van der Waals surface area contributed by atoms with E-state index in [1.54, 1.807) is 13.4 Å². The zero-order valence-electron chi connectivity index (χ0n) is 17.1. The highest BCUT2D eigenvalue weighted by Gasteiger charge is 2.33. The number of benzene rings is 1. The van der Waals surface area contributed by atoms with Crippen molar-refractivity contribution in [2.75, 3.05) is 31.7 Å². The Morgan fingerprint density at radius 1 is 1.31 bits per heavy atom. The fourth-order valence-electron chi connectivity index (χ4n) is 4.12. The molecule has 1 aromatic heterocycles. The second kappa shape index (κ2) is 8.88. The number of methoxy groups -OCH3 is 1. The van der Waals surface area contributed by atoms with Gasteiger partial charge in [-0.25, -0.2) is 9.97 Å². The molecule has 0 saturated carbocycles. The Bertz CT molecular complexity index is 873. The molecule has 154 valence electrons. The van der Waals surface area contributed by atoms with Crippen molar-refractivity contribution in [1.29, 1.82) is 0 Å². The molecular weight excluding hydrogens is 368 g/mol. The average molecular weight is 396 g/mol. The van der Waals surface area contributed by atoms with E-state index in [-0.39, 0.29) is 18.1 Å². The van der Waals surface area contributed by atoms with E-state index >= 15 is 0 Å². The molecule has 1 N–H and O–H groups in total. The van der Waals surface area contributed by atoms with E-state index in [1.807, 2.05) is 19.1 Å². The minimum absolute atomic E-state index is 0.0386. The standard InChI is InChI=1S/C22H28N4O3/c1-15-7-21(25-14-24-15)26-12-20(28-2)10-19(26)11-23-22(27)9-16-3-4-18-13-29-6-5-17(18)8-16/h3-4,7-8,14,19-20H,5-6,9-13H2,1-2H3,(H,23,27)/t19-,20-/m1/s1. The fraction of sp³-hybridized carbons (Fsp3) is 0.500. The third-order valence-corrected chi connectivity index (χ3v) is 5.74. The Kier molecular flexibility index (Phi) is 6.06. The molecule has 7 nitrogen and oxygen atoms in total. The summed E-state index contributed by atoms with van der Waals surface area (Å²) in [4.78, 5) is 23.4. The molecule has 7 heteroatoms. The first-order chi connectivity index (χ1) is 14.1. The van der Waals surface area contributed by atoms with Crippen LogP contribution in [0.2, 0.25) is 0 Å². The number of fused-ring (bicyclic) bond motifs is 1. The second-order valence-electron chi connectivity index (χ2n) is 7.80. The molecule has 1 saturated heterocycles. The number of ether oxygens (including phenoxy) is 2. The normalized spacial score (nSPS) is 21.1. The summed E-state index contributed by atoms with van der Waals surface area (Å²) in [5.74, 6) is 0.921. The third-order valence-electron chi connectivity index (χ3n) is 5.74. The molecule has 29 heavy (non-hydrogen) atoms. The van der Waals surface area contributed by atoms with Crippen molar-refractivity contribution in [3.63, 3.8) is 0 Å². The molecule has 0 bridgehead atoms. The Morgan fingerprint density at radius 3 is 3.03 bits per heavy atom. The number of hydrogen-bond acceptors (Lipinski definition) is 6. The van der Waals surface area contributed by atoms with Crippen LogP contribution >= 0.6 is 0 Å². The number of rotatable bonds is 6. The van der Waals surface area contributed by atoms with Gasteiger partial charge < -0.3 is 19.7 Å². The fourth-order valence-corrected chi connectivity index (χ4v) is 4.12. The molecule has 1 fully saturated rings. The van der Waals surface area contributed by atoms with E-state index in [2.05, 4.69) is 32.3 Å². The highest BCUT2D eigenvalue weighted by atomic mass is 16.5. The van der Waals surface area contributed by atoms with E-state index in [0.29, 0.717) is 19.6 Å². The van der Waals surface area contributed by atoms with Gasteiger partial charge in [-0.2, -0.15) is 0 Å². The second-order valence-corrected chi connectivity index (χ2v) is 7.80. The summed E-state index contributed by atoms with van der Waals surface area (Å²) >= 11 is 0. The number of carbonyl (C=O) groups is 1. The topological polar surface area (TPSA) is 76.6 Å². The zero-order chi connectivity index (χ0) is 20.2. The van der Waals surface area contributed by atoms with Crippen LogP contribution in [0.25, 0.3) is 0 Å². The summed E-state index contributed by atoms with van der Waals surface area (Å²) in [6, 6.07) is 8.38. The van der Waals surface area contributed by atoms with E-state index < -0.39 is 0 Å². The lowest BCUT2D eigenvalue weighted by molar-refractivity contribution is -0.120. The highest BCUT2D eigenvalue weighted by molar-refractivity contribution is 5.78. The molecule has 0 spiro atoms. The maximum absolute atomic E-state index is 12.6. The summed E-state index contributed by atoms with van der Waals surface area (Å²) in [6.07, 6.45) is 3.88. The number of aryl methyl sites for hydroxylation is 1. The minimum Gasteiger partial charge on any atom is -0.380 e. The summed E-state index contributed by atoms with van der Waals surface area (Å²) in [7, 11) is 1.73. The van der Waals surface area contributed by atoms with Gasteiger partial charge in [-0.05, 0) is 36.5 Å². The number of amides is 1. The number of aromatic nitrogens is 2. The summed E-state index contributed by atoms with van der Waals surface area (Å²) in [5, 5.41) is 3.11. The molecule has 0 unspecified atom stereocenters. The van der Waals surface area contributed by atoms with Crippen LogP contribution in [0.4, 0.5) is 5.82 Å². The van der Waals surface area contributed by atoms with Crippen LogP contribution in [0.5, 0.6) is 0 Å². The van der Waals surface area contributed by atoms with Crippen molar-refractivity contribution >= 4 is 11.7 Å². The van der Waals surface area contributed by atoms with E-state index in [9.17, 15) is 4.79 Å². The number of nitrogens with one attached hydrogen (secondary N) is 1. The van der Waals surface area contributed by atoms with Crippen LogP contribution in [0.1, 0.15) is 28.8 Å². The van der Waals surface area contributed by atoms with Gasteiger partial charge in [-0.15, -0.1) is 0 Å². The Balaban J connectivity index is 1.37. The zero-order valence-corrected chi connectivity index (χ0v) is 17.1. The Hall–Kier alpha value is -2.51. The van der Waals surface area contributed by atoms with E-state index in [0.717, 1.165) is 43.1 Å². The van der Waals surface area contributed by atoms with Crippen molar-refractivity contribution in [2.45, 2.75) is 44.9 Å². The number of carbonyl (C=O) groups excluding carboxylic acids is 1. The molecule has 4 rings (SSSR count). The molecule has 0 radical (unpaired) electrons. The minimum atomic E-state index is 0.0386. The average Bonchev–Trinajstić information content (AvgIpc) is 3.16. The van der Waals surface area contributed by atoms with Gasteiger partial charge in [-0.3, -0.25) is 4.79 Å². The maximum atomic E-state index is 12.6. The molecule has 2 atom stereocenters. The van der Waals surface area contributed by atoms with Crippen molar-refractivity contribution in [2.24, 2.45) is 0 Å². The molecule has 1 amide bonds. The van der Waals surface area contributed by atoms with Gasteiger partial charge in [0, 0.05) is 32.0 Å². The first kappa shape index (κ1) is 19.8. The van der Waals surface area contributed by atoms with Crippen molar-refractivity contribution < 1.29 is 14.3 Å². The third kappa shape index (κ3) is 4.74. The van der Waals surface area contributed by atoms with Gasteiger partial charge in [0.25, 0.3) is 0 Å². The summed E-state index contributed by atoms with van der Waals surface area (Å²) in [6.45, 7) is 4.71. The first-order valence-electron chi connectivity index (χ1n) is 10.2. The lowest BCUT2D eigenvalue weighted by Crippen LogP contribution is -2.41. The van der Waals surface area contributed by atoms with Crippen LogP contribution in [0, 0.1) is 6.92 Å². The van der Waals surface area contributed by atoms with Crippen LogP contribution in [-0.2, 0) is 33.7 Å². The smallest absolute Gasteiger partial charge is 0.224 e. The Labute approximate surface area is 171 Å². The van der Waals surface area contributed by atoms with Gasteiger partial charge in [0.15, 0.2) is 0 Å². The summed E-state index contributed by atoms with van der Waals surface area (Å²) < 4.78 is 11.1. The number of nitrogens with zero attached hydrogens (tertiary/aromatic N) is 3. The van der Waals surface area contributed by atoms with E-state index in [1.165, 1.54) is 11.1 Å². The molecule has 2 aromatic rings. The SMILES string of the molecule is CO[C@@H]1C[C@H](CNC(=O)Cc2ccc3c(c2)CCOC3)N(c2cc(C)ncn2)C1. The lowest BCUT2D eigenvalue weighted by Gasteiger charge is -2.25. The number of anilines is 1. The molecule has 0 aliphatic carbocycles.